The molecule has 41 heavy (non-hydrogen) atoms. The highest BCUT2D eigenvalue weighted by Gasteiger charge is 2.31. The van der Waals surface area contributed by atoms with E-state index in [0.29, 0.717) is 39.6 Å². The second kappa shape index (κ2) is 11.9. The number of aryl methyl sites for hydroxylation is 1. The molecule has 5 rings (SSSR count). The lowest BCUT2D eigenvalue weighted by molar-refractivity contribution is -0.136. The van der Waals surface area contributed by atoms with Crippen molar-refractivity contribution in [3.05, 3.63) is 107 Å². The highest BCUT2D eigenvalue weighted by atomic mass is 79.9. The molecular weight excluding hydrogens is 606 g/mol. The number of carbonyl (C=O) groups excluding carboxylic acids is 1. The summed E-state index contributed by atoms with van der Waals surface area (Å²) in [6, 6.07) is 14.9. The highest BCUT2D eigenvalue weighted by molar-refractivity contribution is 9.10. The quantitative estimate of drug-likeness (QED) is 0.255. The fourth-order valence-corrected chi connectivity index (χ4v) is 6.27. The number of hydrogen-bond acceptors (Lipinski definition) is 7. The molecule has 0 saturated heterocycles. The van der Waals surface area contributed by atoms with E-state index in [1.165, 1.54) is 24.6 Å². The Hall–Kier alpha value is -3.89. The Morgan fingerprint density at radius 2 is 1.76 bits per heavy atom. The summed E-state index contributed by atoms with van der Waals surface area (Å²) in [6.45, 7) is 8.77. The zero-order valence-electron chi connectivity index (χ0n) is 23.4. The standard InChI is InChI=1S/C31H30BrN3O5S/c1-6-39-25-13-8-20(15-26(25)40-7-2)28-24(30(37)38-5)17-33-31-35(28)29(36)27(41-31)16-21-14-18(3)34(19(21)4)23-11-9-22(32)10-12-23/h8-17,28H,6-7H2,1-5H3/b27-16+/t28-/m0/s1. The molecule has 0 fully saturated rings. The molecular formula is C31H30BrN3O5S. The average Bonchev–Trinajstić information content (AvgIpc) is 3.43. The zero-order chi connectivity index (χ0) is 29.3. The largest absolute Gasteiger partial charge is 0.490 e. The van der Waals surface area contributed by atoms with Crippen LogP contribution in [-0.4, -0.2) is 35.4 Å². The molecule has 0 aliphatic carbocycles. The molecule has 2 aromatic carbocycles. The second-order valence-electron chi connectivity index (χ2n) is 9.39. The summed E-state index contributed by atoms with van der Waals surface area (Å²) in [5, 5.41) is 0. The van der Waals surface area contributed by atoms with Crippen LogP contribution in [0.1, 0.15) is 42.4 Å². The number of carbonyl (C=O) groups is 1. The van der Waals surface area contributed by atoms with Crippen LogP contribution >= 0.6 is 27.3 Å². The van der Waals surface area contributed by atoms with Gasteiger partial charge in [0.05, 0.1) is 36.5 Å². The van der Waals surface area contributed by atoms with Gasteiger partial charge < -0.3 is 18.8 Å². The number of methoxy groups -OCH3 is 1. The molecule has 3 heterocycles. The zero-order valence-corrected chi connectivity index (χ0v) is 25.8. The van der Waals surface area contributed by atoms with Crippen LogP contribution in [0.25, 0.3) is 11.8 Å². The summed E-state index contributed by atoms with van der Waals surface area (Å²) in [4.78, 5) is 31.8. The molecule has 0 amide bonds. The van der Waals surface area contributed by atoms with Crippen LogP contribution in [0.5, 0.6) is 11.5 Å². The van der Waals surface area contributed by atoms with E-state index in [4.69, 9.17) is 14.2 Å². The fourth-order valence-electron chi connectivity index (χ4n) is 5.05. The van der Waals surface area contributed by atoms with Crippen LogP contribution < -0.4 is 24.4 Å². The lowest BCUT2D eigenvalue weighted by atomic mass is 9.97. The molecule has 1 atom stereocenters. The van der Waals surface area contributed by atoms with Gasteiger partial charge in [-0.25, -0.2) is 9.79 Å². The van der Waals surface area contributed by atoms with Crippen molar-refractivity contribution in [3.8, 4) is 17.2 Å². The van der Waals surface area contributed by atoms with Gasteiger partial charge in [0.15, 0.2) is 16.3 Å². The lowest BCUT2D eigenvalue weighted by Gasteiger charge is -2.23. The number of ether oxygens (including phenoxy) is 3. The van der Waals surface area contributed by atoms with E-state index in [0.717, 1.165) is 27.1 Å². The molecule has 0 saturated carbocycles. The van der Waals surface area contributed by atoms with Gasteiger partial charge in [-0.2, -0.15) is 0 Å². The van der Waals surface area contributed by atoms with E-state index < -0.39 is 12.0 Å². The van der Waals surface area contributed by atoms with Crippen LogP contribution in [0.3, 0.4) is 0 Å². The molecule has 0 bridgehead atoms. The van der Waals surface area contributed by atoms with Gasteiger partial charge in [0, 0.05) is 27.7 Å². The summed E-state index contributed by atoms with van der Waals surface area (Å²) in [6.07, 6.45) is 3.38. The number of halogens is 1. The number of fused-ring (bicyclic) bond motifs is 1. The Balaban J connectivity index is 1.66. The number of hydrogen-bond donors (Lipinski definition) is 0. The first kappa shape index (κ1) is 28.6. The summed E-state index contributed by atoms with van der Waals surface area (Å²) < 4.78 is 21.9. The van der Waals surface area contributed by atoms with E-state index in [1.54, 1.807) is 10.6 Å². The van der Waals surface area contributed by atoms with Gasteiger partial charge in [-0.05, 0) is 87.4 Å². The maximum absolute atomic E-state index is 14.0. The van der Waals surface area contributed by atoms with Crippen molar-refractivity contribution < 1.29 is 19.0 Å². The van der Waals surface area contributed by atoms with Crippen LogP contribution in [-0.2, 0) is 9.53 Å². The SMILES string of the molecule is CCOc1ccc([C@H]2C(C(=O)OC)=CN=c3s/c(=C/c4cc(C)n(-c5ccc(Br)cc5)c4C)c(=O)n32)cc1OCC. The molecule has 1 aliphatic rings. The van der Waals surface area contributed by atoms with Gasteiger partial charge in [0.2, 0.25) is 0 Å². The topological polar surface area (TPSA) is 84.0 Å². The molecule has 0 radical (unpaired) electrons. The van der Waals surface area contributed by atoms with E-state index in [1.807, 2.05) is 70.2 Å². The maximum Gasteiger partial charge on any atom is 0.337 e. The number of esters is 1. The Morgan fingerprint density at radius 3 is 2.44 bits per heavy atom. The summed E-state index contributed by atoms with van der Waals surface area (Å²) in [5.74, 6) is 0.573. The van der Waals surface area contributed by atoms with Crippen molar-refractivity contribution >= 4 is 39.3 Å². The minimum Gasteiger partial charge on any atom is -0.490 e. The van der Waals surface area contributed by atoms with Crippen LogP contribution in [0, 0.1) is 13.8 Å². The first-order chi connectivity index (χ1) is 19.8. The Bertz CT molecular complexity index is 1830. The van der Waals surface area contributed by atoms with Crippen LogP contribution in [0.4, 0.5) is 0 Å². The molecule has 0 unspecified atom stereocenters. The molecule has 1 aliphatic heterocycles. The molecule has 4 aromatic rings. The predicted octanol–water partition coefficient (Wildman–Crippen LogP) is 4.99. The highest BCUT2D eigenvalue weighted by Crippen LogP contribution is 2.35. The van der Waals surface area contributed by atoms with Gasteiger partial charge in [0.1, 0.15) is 0 Å². The van der Waals surface area contributed by atoms with Crippen molar-refractivity contribution in [1.29, 1.82) is 0 Å². The van der Waals surface area contributed by atoms with Crippen molar-refractivity contribution in [2.75, 3.05) is 20.3 Å². The van der Waals surface area contributed by atoms with E-state index >= 15 is 0 Å². The minimum atomic E-state index is -0.745. The smallest absolute Gasteiger partial charge is 0.337 e. The Labute approximate surface area is 250 Å². The van der Waals surface area contributed by atoms with Gasteiger partial charge in [-0.1, -0.05) is 33.3 Å². The Kier molecular flexibility index (Phi) is 8.32. The first-order valence-electron chi connectivity index (χ1n) is 13.2. The predicted molar refractivity (Wildman–Crippen MR) is 163 cm³/mol. The number of thiazole rings is 1. The number of benzene rings is 2. The third-order valence-electron chi connectivity index (χ3n) is 6.85. The Morgan fingerprint density at radius 1 is 1.05 bits per heavy atom. The molecule has 0 spiro atoms. The van der Waals surface area contributed by atoms with Crippen molar-refractivity contribution in [2.24, 2.45) is 4.99 Å². The second-order valence-corrected chi connectivity index (χ2v) is 11.3. The average molecular weight is 637 g/mol. The first-order valence-corrected chi connectivity index (χ1v) is 14.8. The van der Waals surface area contributed by atoms with E-state index in [2.05, 4.69) is 31.6 Å². The van der Waals surface area contributed by atoms with Crippen molar-refractivity contribution in [3.63, 3.8) is 0 Å². The monoisotopic (exact) mass is 635 g/mol. The lowest BCUT2D eigenvalue weighted by Crippen LogP contribution is -2.39. The summed E-state index contributed by atoms with van der Waals surface area (Å²) >= 11 is 4.78. The van der Waals surface area contributed by atoms with Gasteiger partial charge in [0.25, 0.3) is 5.56 Å². The minimum absolute atomic E-state index is 0.242. The number of aromatic nitrogens is 2. The van der Waals surface area contributed by atoms with Crippen LogP contribution in [0.15, 0.2) is 74.6 Å². The molecule has 0 N–H and O–H groups in total. The third-order valence-corrected chi connectivity index (χ3v) is 8.38. The van der Waals surface area contributed by atoms with Gasteiger partial charge >= 0.3 is 5.97 Å². The summed E-state index contributed by atoms with van der Waals surface area (Å²) in [7, 11) is 1.32. The fraction of sp³-hybridized carbons (Fsp3) is 0.258. The molecule has 10 heteroatoms. The van der Waals surface area contributed by atoms with Gasteiger partial charge in [-0.3, -0.25) is 9.36 Å². The van der Waals surface area contributed by atoms with Crippen LogP contribution in [0.2, 0.25) is 0 Å². The van der Waals surface area contributed by atoms with E-state index in [-0.39, 0.29) is 11.1 Å². The van der Waals surface area contributed by atoms with Gasteiger partial charge in [-0.15, -0.1) is 0 Å². The van der Waals surface area contributed by atoms with E-state index in [9.17, 15) is 9.59 Å². The van der Waals surface area contributed by atoms with Crippen molar-refractivity contribution in [1.82, 2.24) is 9.13 Å². The molecule has 8 nitrogen and oxygen atoms in total. The normalized spacial score (nSPS) is 14.7. The number of nitrogens with zero attached hydrogens (tertiary/aromatic N) is 3. The molecule has 2 aromatic heterocycles. The maximum atomic E-state index is 14.0. The number of rotatable bonds is 8. The summed E-state index contributed by atoms with van der Waals surface area (Å²) in [5.41, 5.74) is 4.72. The third kappa shape index (κ3) is 5.41. The molecule has 212 valence electrons. The van der Waals surface area contributed by atoms with Crippen molar-refractivity contribution in [2.45, 2.75) is 33.7 Å².